The Morgan fingerprint density at radius 3 is 2.40 bits per heavy atom. The van der Waals surface area contributed by atoms with E-state index in [1.54, 1.807) is 4.90 Å². The molecule has 8 heteroatoms. The Hall–Kier alpha value is -2.41. The third-order valence-corrected chi connectivity index (χ3v) is 4.56. The molecular weight excluding hydrogens is 342 g/mol. The molecule has 0 saturated carbocycles. The third kappa shape index (κ3) is 4.57. The van der Waals surface area contributed by atoms with Crippen molar-refractivity contribution in [2.75, 3.05) is 26.2 Å². The van der Waals surface area contributed by atoms with Crippen molar-refractivity contribution in [1.29, 1.82) is 0 Å². The molecule has 2 aromatic rings. The van der Waals surface area contributed by atoms with Gasteiger partial charge in [-0.05, 0) is 30.5 Å². The first kappa shape index (κ1) is 17.4. The normalized spacial score (nSPS) is 14.6. The molecule has 1 saturated heterocycles. The highest BCUT2D eigenvalue weighted by Gasteiger charge is 2.25. The summed E-state index contributed by atoms with van der Waals surface area (Å²) in [5.74, 6) is 0.204. The molecule has 1 N–H and O–H groups in total. The molecule has 1 aromatic heterocycles. The minimum absolute atomic E-state index is 0.140. The number of carbonyl (C=O) groups excluding carboxylic acids is 2. The summed E-state index contributed by atoms with van der Waals surface area (Å²) in [6, 6.07) is 7.70. The molecule has 2 heterocycles. The molecular formula is C17H20ClN5O2. The number of H-pyrrole nitrogens is 1. The van der Waals surface area contributed by atoms with E-state index >= 15 is 0 Å². The van der Waals surface area contributed by atoms with E-state index in [2.05, 4.69) is 15.2 Å². The van der Waals surface area contributed by atoms with Gasteiger partial charge in [-0.3, -0.25) is 14.7 Å². The number of rotatable bonds is 5. The van der Waals surface area contributed by atoms with Crippen molar-refractivity contribution in [2.24, 2.45) is 0 Å². The van der Waals surface area contributed by atoms with Gasteiger partial charge in [-0.15, -0.1) is 0 Å². The number of piperazine rings is 1. The van der Waals surface area contributed by atoms with E-state index in [1.165, 1.54) is 11.9 Å². The zero-order chi connectivity index (χ0) is 17.6. The Morgan fingerprint density at radius 1 is 1.08 bits per heavy atom. The van der Waals surface area contributed by atoms with Crippen LogP contribution in [0.4, 0.5) is 0 Å². The molecule has 3 rings (SSSR count). The maximum Gasteiger partial charge on any atom is 0.291 e. The number of hydrogen-bond acceptors (Lipinski definition) is 4. The number of amides is 2. The van der Waals surface area contributed by atoms with Gasteiger partial charge in [0.15, 0.2) is 0 Å². The fourth-order valence-corrected chi connectivity index (χ4v) is 3.00. The largest absolute Gasteiger partial charge is 0.339 e. The molecule has 25 heavy (non-hydrogen) atoms. The highest BCUT2D eigenvalue weighted by molar-refractivity contribution is 6.30. The first-order chi connectivity index (χ1) is 12.1. The predicted molar refractivity (Wildman–Crippen MR) is 93.3 cm³/mol. The van der Waals surface area contributed by atoms with E-state index in [0.717, 1.165) is 17.9 Å². The van der Waals surface area contributed by atoms with Crippen LogP contribution in [0.15, 0.2) is 30.6 Å². The fraction of sp³-hybridized carbons (Fsp3) is 0.412. The van der Waals surface area contributed by atoms with Gasteiger partial charge in [0.1, 0.15) is 6.33 Å². The van der Waals surface area contributed by atoms with E-state index in [0.29, 0.717) is 32.6 Å². The molecule has 0 spiro atoms. The second kappa shape index (κ2) is 8.11. The number of halogens is 1. The van der Waals surface area contributed by atoms with Crippen LogP contribution < -0.4 is 0 Å². The maximum absolute atomic E-state index is 12.3. The Balaban J connectivity index is 1.41. The summed E-state index contributed by atoms with van der Waals surface area (Å²) in [7, 11) is 0. The van der Waals surface area contributed by atoms with Crippen molar-refractivity contribution in [3.8, 4) is 0 Å². The van der Waals surface area contributed by atoms with Crippen molar-refractivity contribution >= 4 is 23.4 Å². The van der Waals surface area contributed by atoms with Crippen LogP contribution in [0.1, 0.15) is 29.0 Å². The highest BCUT2D eigenvalue weighted by Crippen LogP contribution is 2.13. The molecule has 1 aliphatic heterocycles. The Morgan fingerprint density at radius 2 is 1.76 bits per heavy atom. The Labute approximate surface area is 151 Å². The van der Waals surface area contributed by atoms with Gasteiger partial charge in [-0.2, -0.15) is 5.10 Å². The Kier molecular flexibility index (Phi) is 5.65. The standard InChI is InChI=1S/C17H20ClN5O2/c18-14-6-4-13(5-7-14)2-1-3-15(24)22-8-10-23(11-9-22)17(25)16-19-12-20-21-16/h4-7,12H,1-3,8-11H2,(H,19,20,21). The lowest BCUT2D eigenvalue weighted by Crippen LogP contribution is -2.50. The summed E-state index contributed by atoms with van der Waals surface area (Å²) in [5, 5.41) is 6.98. The van der Waals surface area contributed by atoms with Crippen molar-refractivity contribution in [3.63, 3.8) is 0 Å². The number of aromatic nitrogens is 3. The predicted octanol–water partition coefficient (Wildman–Crippen LogP) is 1.77. The van der Waals surface area contributed by atoms with Gasteiger partial charge in [0.05, 0.1) is 0 Å². The minimum Gasteiger partial charge on any atom is -0.339 e. The molecule has 0 radical (unpaired) electrons. The number of carbonyl (C=O) groups is 2. The van der Waals surface area contributed by atoms with Gasteiger partial charge in [0.2, 0.25) is 11.7 Å². The van der Waals surface area contributed by atoms with Crippen LogP contribution in [0, 0.1) is 0 Å². The van der Waals surface area contributed by atoms with Crippen molar-refractivity contribution < 1.29 is 9.59 Å². The molecule has 7 nitrogen and oxygen atoms in total. The summed E-state index contributed by atoms with van der Waals surface area (Å²) in [4.78, 5) is 31.9. The van der Waals surface area contributed by atoms with E-state index < -0.39 is 0 Å². The molecule has 0 aliphatic carbocycles. The molecule has 1 fully saturated rings. The van der Waals surface area contributed by atoms with Crippen LogP contribution >= 0.6 is 11.6 Å². The number of benzene rings is 1. The van der Waals surface area contributed by atoms with E-state index in [1.807, 2.05) is 29.2 Å². The second-order valence-electron chi connectivity index (χ2n) is 5.99. The summed E-state index contributed by atoms with van der Waals surface area (Å²) in [6.45, 7) is 2.14. The highest BCUT2D eigenvalue weighted by atomic mass is 35.5. The molecule has 132 valence electrons. The minimum atomic E-state index is -0.174. The molecule has 2 amide bonds. The van der Waals surface area contributed by atoms with E-state index in [9.17, 15) is 9.59 Å². The van der Waals surface area contributed by atoms with Crippen LogP contribution in [-0.4, -0.2) is 63.0 Å². The number of aromatic amines is 1. The number of aryl methyl sites for hydroxylation is 1. The summed E-state index contributed by atoms with van der Waals surface area (Å²) < 4.78 is 0. The SMILES string of the molecule is O=C(CCCc1ccc(Cl)cc1)N1CCN(C(=O)c2ncn[nH]2)CC1. The van der Waals surface area contributed by atoms with Crippen LogP contribution in [0.5, 0.6) is 0 Å². The lowest BCUT2D eigenvalue weighted by atomic mass is 10.1. The summed E-state index contributed by atoms with van der Waals surface area (Å²) >= 11 is 5.87. The molecule has 0 bridgehead atoms. The van der Waals surface area contributed by atoms with Crippen LogP contribution in [0.25, 0.3) is 0 Å². The average Bonchev–Trinajstić information content (AvgIpc) is 3.17. The van der Waals surface area contributed by atoms with Crippen molar-refractivity contribution in [1.82, 2.24) is 25.0 Å². The van der Waals surface area contributed by atoms with Crippen molar-refractivity contribution in [3.05, 3.63) is 47.0 Å². The third-order valence-electron chi connectivity index (χ3n) is 4.31. The second-order valence-corrected chi connectivity index (χ2v) is 6.42. The van der Waals surface area contributed by atoms with Gasteiger partial charge < -0.3 is 9.80 Å². The molecule has 1 aliphatic rings. The first-order valence-corrected chi connectivity index (χ1v) is 8.68. The lowest BCUT2D eigenvalue weighted by molar-refractivity contribution is -0.132. The average molecular weight is 362 g/mol. The van der Waals surface area contributed by atoms with Crippen LogP contribution in [0.3, 0.4) is 0 Å². The van der Waals surface area contributed by atoms with Gasteiger partial charge in [0.25, 0.3) is 5.91 Å². The Bertz CT molecular complexity index is 709. The number of nitrogens with zero attached hydrogens (tertiary/aromatic N) is 4. The van der Waals surface area contributed by atoms with E-state index in [4.69, 9.17) is 11.6 Å². The van der Waals surface area contributed by atoms with Gasteiger partial charge >= 0.3 is 0 Å². The summed E-state index contributed by atoms with van der Waals surface area (Å²) in [5.41, 5.74) is 1.18. The maximum atomic E-state index is 12.3. The molecule has 1 aromatic carbocycles. The fourth-order valence-electron chi connectivity index (χ4n) is 2.87. The quantitative estimate of drug-likeness (QED) is 0.879. The number of hydrogen-bond donors (Lipinski definition) is 1. The van der Waals surface area contributed by atoms with Gasteiger partial charge in [0, 0.05) is 37.6 Å². The zero-order valence-corrected chi connectivity index (χ0v) is 14.6. The van der Waals surface area contributed by atoms with Gasteiger partial charge in [-0.25, -0.2) is 4.98 Å². The van der Waals surface area contributed by atoms with Crippen LogP contribution in [-0.2, 0) is 11.2 Å². The van der Waals surface area contributed by atoms with Gasteiger partial charge in [-0.1, -0.05) is 23.7 Å². The zero-order valence-electron chi connectivity index (χ0n) is 13.8. The molecule has 0 atom stereocenters. The number of nitrogens with one attached hydrogen (secondary N) is 1. The molecule has 0 unspecified atom stereocenters. The first-order valence-electron chi connectivity index (χ1n) is 8.30. The summed E-state index contributed by atoms with van der Waals surface area (Å²) in [6.07, 6.45) is 3.48. The smallest absolute Gasteiger partial charge is 0.291 e. The topological polar surface area (TPSA) is 82.2 Å². The van der Waals surface area contributed by atoms with E-state index in [-0.39, 0.29) is 17.6 Å². The lowest BCUT2D eigenvalue weighted by Gasteiger charge is -2.34. The van der Waals surface area contributed by atoms with Crippen LogP contribution in [0.2, 0.25) is 5.02 Å². The monoisotopic (exact) mass is 361 g/mol. The van der Waals surface area contributed by atoms with Crippen molar-refractivity contribution in [2.45, 2.75) is 19.3 Å².